The van der Waals surface area contributed by atoms with Gasteiger partial charge in [-0.15, -0.1) is 0 Å². The number of hydrogen-bond donors (Lipinski definition) is 0. The van der Waals surface area contributed by atoms with E-state index >= 15 is 8.78 Å². The predicted molar refractivity (Wildman–Crippen MR) is 266 cm³/mol. The largest absolute Gasteiger partial charge is 0.466 e. The standard InChI is InChI=1S/C54H63F2N3O9S2/c1-5-64-51(60)22-17-38-11-10-12-39(31-38)49(68-52-14-7-9-29-66-52)25-30-63-35-54(3,4)36-69-34-44-42-23-27-59(70(61,62)41-19-15-37(2)16-20-41)48(42)33-46(56)53(44)67-40-18-21-45(55)43(32-40)47-24-26-58(57-47)50-13-6-8-28-65-50/h10-12,15-16,18-21,23-24,26-27,31-33,49-50,52H,5-9,13-14,17,22,25,28-30,34-36H2,1-4H3. The molecule has 0 N–H and O–H groups in total. The maximum absolute atomic E-state index is 16.7. The third-order valence-electron chi connectivity index (χ3n) is 12.5. The molecule has 0 radical (unpaired) electrons. The predicted octanol–water partition coefficient (Wildman–Crippen LogP) is 12.3. The lowest BCUT2D eigenvalue weighted by molar-refractivity contribution is -0.193. The van der Waals surface area contributed by atoms with Crippen molar-refractivity contribution >= 4 is 38.7 Å². The number of ether oxygens (including phenoxy) is 6. The van der Waals surface area contributed by atoms with E-state index < -0.39 is 21.7 Å². The first-order chi connectivity index (χ1) is 33.8. The minimum atomic E-state index is -4.10. The molecule has 4 aromatic carbocycles. The van der Waals surface area contributed by atoms with Gasteiger partial charge in [-0.25, -0.2) is 25.9 Å². The van der Waals surface area contributed by atoms with E-state index in [2.05, 4.69) is 25.0 Å². The summed E-state index contributed by atoms with van der Waals surface area (Å²) in [5, 5.41) is 5.12. The average molecular weight is 1000 g/mol. The highest BCUT2D eigenvalue weighted by molar-refractivity contribution is 7.98. The van der Waals surface area contributed by atoms with E-state index in [-0.39, 0.29) is 63.2 Å². The van der Waals surface area contributed by atoms with E-state index in [0.29, 0.717) is 74.7 Å². The Morgan fingerprint density at radius 2 is 1.73 bits per heavy atom. The van der Waals surface area contributed by atoms with Crippen LogP contribution in [0.3, 0.4) is 0 Å². The van der Waals surface area contributed by atoms with Gasteiger partial charge in [0.1, 0.15) is 17.8 Å². The fourth-order valence-corrected chi connectivity index (χ4v) is 11.3. The first-order valence-corrected chi connectivity index (χ1v) is 26.8. The lowest BCUT2D eigenvalue weighted by Gasteiger charge is -2.29. The van der Waals surface area contributed by atoms with E-state index in [9.17, 15) is 13.2 Å². The van der Waals surface area contributed by atoms with Crippen LogP contribution in [0.1, 0.15) is 107 Å². The highest BCUT2D eigenvalue weighted by atomic mass is 32.2. The van der Waals surface area contributed by atoms with E-state index in [1.54, 1.807) is 53.8 Å². The molecule has 12 nitrogen and oxygen atoms in total. The zero-order valence-electron chi connectivity index (χ0n) is 40.4. The Bertz CT molecular complexity index is 2820. The van der Waals surface area contributed by atoms with Crippen molar-refractivity contribution in [3.05, 3.63) is 131 Å². The Kier molecular flexibility index (Phi) is 17.1. The minimum absolute atomic E-state index is 0.0742. The van der Waals surface area contributed by atoms with Crippen molar-refractivity contribution in [2.75, 3.05) is 38.8 Å². The van der Waals surface area contributed by atoms with Gasteiger partial charge in [0.15, 0.2) is 17.9 Å². The van der Waals surface area contributed by atoms with E-state index in [1.807, 2.05) is 25.1 Å². The van der Waals surface area contributed by atoms with Crippen LogP contribution in [0.15, 0.2) is 102 Å². The molecule has 2 aliphatic rings. The molecular weight excluding hydrogens is 937 g/mol. The van der Waals surface area contributed by atoms with E-state index in [0.717, 1.165) is 59.2 Å². The van der Waals surface area contributed by atoms with Crippen molar-refractivity contribution < 1.29 is 50.4 Å². The van der Waals surface area contributed by atoms with Crippen LogP contribution in [0.4, 0.5) is 8.78 Å². The van der Waals surface area contributed by atoms with Crippen LogP contribution in [0.2, 0.25) is 0 Å². The van der Waals surface area contributed by atoms with Crippen LogP contribution in [-0.2, 0) is 50.7 Å². The van der Waals surface area contributed by atoms with Crippen LogP contribution in [0, 0.1) is 24.0 Å². The molecule has 2 aliphatic heterocycles. The normalized spacial score (nSPS) is 17.2. The molecular formula is C54H63F2N3O9S2. The molecule has 0 saturated carbocycles. The Morgan fingerprint density at radius 3 is 2.49 bits per heavy atom. The van der Waals surface area contributed by atoms with E-state index in [1.165, 1.54) is 42.6 Å². The Labute approximate surface area is 414 Å². The molecule has 6 aromatic rings. The molecule has 3 unspecified atom stereocenters. The van der Waals surface area contributed by atoms with E-state index in [4.69, 9.17) is 28.4 Å². The van der Waals surface area contributed by atoms with Crippen LogP contribution in [0.25, 0.3) is 22.2 Å². The van der Waals surface area contributed by atoms with Gasteiger partial charge < -0.3 is 28.4 Å². The maximum Gasteiger partial charge on any atom is 0.306 e. The van der Waals surface area contributed by atoms with Gasteiger partial charge in [-0.3, -0.25) is 4.79 Å². The maximum atomic E-state index is 16.7. The van der Waals surface area contributed by atoms with Gasteiger partial charge in [-0.05, 0) is 118 Å². The van der Waals surface area contributed by atoms with Crippen LogP contribution in [0.5, 0.6) is 11.5 Å². The third kappa shape index (κ3) is 12.9. The van der Waals surface area contributed by atoms with Crippen molar-refractivity contribution in [2.24, 2.45) is 5.41 Å². The molecule has 0 spiro atoms. The number of halogens is 2. The van der Waals surface area contributed by atoms with Crippen molar-refractivity contribution in [1.82, 2.24) is 13.8 Å². The van der Waals surface area contributed by atoms with Crippen LogP contribution < -0.4 is 4.74 Å². The Hall–Kier alpha value is -5.10. The lowest BCUT2D eigenvalue weighted by Crippen LogP contribution is -2.26. The number of hydrogen-bond acceptors (Lipinski definition) is 11. The zero-order chi connectivity index (χ0) is 49.3. The fraction of sp³-hybridized carbons (Fsp3) is 0.444. The van der Waals surface area contributed by atoms with Gasteiger partial charge in [0.05, 0.1) is 35.4 Å². The number of thioether (sulfide) groups is 1. The number of carbonyl (C=O) groups excluding carboxylic acids is 1. The molecule has 3 atom stereocenters. The van der Waals surface area contributed by atoms with Crippen molar-refractivity contribution in [1.29, 1.82) is 0 Å². The second-order valence-electron chi connectivity index (χ2n) is 18.7. The summed E-state index contributed by atoms with van der Waals surface area (Å²) in [6.45, 7) is 10.3. The van der Waals surface area contributed by atoms with Crippen LogP contribution in [-0.4, -0.2) is 73.2 Å². The first kappa shape index (κ1) is 51.3. The van der Waals surface area contributed by atoms with Gasteiger partial charge in [0, 0.05) is 79.1 Å². The number of rotatable bonds is 22. The number of benzene rings is 4. The zero-order valence-corrected chi connectivity index (χ0v) is 42.0. The molecule has 70 heavy (non-hydrogen) atoms. The lowest BCUT2D eigenvalue weighted by atomic mass is 9.98. The SMILES string of the molecule is CCOC(=O)CCc1cccc(C(CCOCC(C)(C)CSCc2c(Oc3ccc(F)c(-c4ccn(C5CCCCO5)n4)c3)c(F)cc3c2ccn3S(=O)(=O)c2ccc(C)cc2)OC2CCCCO2)c1. The quantitative estimate of drug-likeness (QED) is 0.0476. The van der Waals surface area contributed by atoms with Crippen molar-refractivity contribution in [2.45, 2.75) is 115 Å². The number of aromatic nitrogens is 3. The molecule has 0 bridgehead atoms. The fourth-order valence-electron chi connectivity index (χ4n) is 8.77. The molecule has 2 saturated heterocycles. The average Bonchev–Trinajstić information content (AvgIpc) is 4.03. The topological polar surface area (TPSA) is 129 Å². The summed E-state index contributed by atoms with van der Waals surface area (Å²) in [6, 6.07) is 23.4. The molecule has 0 aliphatic carbocycles. The number of nitrogens with zero attached hydrogens (tertiary/aromatic N) is 3. The number of esters is 1. The molecule has 374 valence electrons. The number of carbonyl (C=O) groups is 1. The summed E-state index contributed by atoms with van der Waals surface area (Å²) in [5.41, 5.74) is 3.76. The van der Waals surface area contributed by atoms with Crippen molar-refractivity contribution in [3.8, 4) is 22.8 Å². The summed E-state index contributed by atoms with van der Waals surface area (Å²) < 4.78 is 99.2. The molecule has 8 rings (SSSR count). The monoisotopic (exact) mass is 999 g/mol. The summed E-state index contributed by atoms with van der Waals surface area (Å²) in [4.78, 5) is 12.2. The Balaban J connectivity index is 0.989. The summed E-state index contributed by atoms with van der Waals surface area (Å²) in [5.74, 6) is -0.562. The summed E-state index contributed by atoms with van der Waals surface area (Å²) in [6.07, 6.45) is 9.45. The van der Waals surface area contributed by atoms with Gasteiger partial charge in [0.2, 0.25) is 0 Å². The molecule has 4 heterocycles. The molecule has 16 heteroatoms. The van der Waals surface area contributed by atoms with Gasteiger partial charge in [-0.2, -0.15) is 16.9 Å². The van der Waals surface area contributed by atoms with Gasteiger partial charge in [0.25, 0.3) is 10.0 Å². The van der Waals surface area contributed by atoms with Gasteiger partial charge in [-0.1, -0.05) is 55.8 Å². The smallest absolute Gasteiger partial charge is 0.306 e. The first-order valence-electron chi connectivity index (χ1n) is 24.2. The van der Waals surface area contributed by atoms with Gasteiger partial charge >= 0.3 is 5.97 Å². The number of fused-ring (bicyclic) bond motifs is 1. The molecule has 0 amide bonds. The summed E-state index contributed by atoms with van der Waals surface area (Å²) in [7, 11) is -4.10. The minimum Gasteiger partial charge on any atom is -0.466 e. The number of aryl methyl sites for hydroxylation is 2. The molecule has 2 fully saturated rings. The highest BCUT2D eigenvalue weighted by Gasteiger charge is 2.27. The highest BCUT2D eigenvalue weighted by Crippen LogP contribution is 2.41. The van der Waals surface area contributed by atoms with Crippen molar-refractivity contribution in [3.63, 3.8) is 0 Å². The third-order valence-corrected chi connectivity index (χ3v) is 15.7. The Morgan fingerprint density at radius 1 is 0.929 bits per heavy atom. The molecule has 2 aromatic heterocycles. The second kappa shape index (κ2) is 23.4. The summed E-state index contributed by atoms with van der Waals surface area (Å²) >= 11 is 1.55. The second-order valence-corrected chi connectivity index (χ2v) is 21.5. The van der Waals surface area contributed by atoms with Crippen LogP contribution >= 0.6 is 11.8 Å².